The SMILES string of the molecule is C[C@@H](NC(=O)COC(=O)Cn1ccccc1=O)c1cccc2ccccc12. The van der Waals surface area contributed by atoms with Gasteiger partial charge in [0, 0.05) is 12.3 Å². The summed E-state index contributed by atoms with van der Waals surface area (Å²) in [6.45, 7) is 1.26. The van der Waals surface area contributed by atoms with Crippen molar-refractivity contribution >= 4 is 22.6 Å². The van der Waals surface area contributed by atoms with E-state index in [1.165, 1.54) is 16.8 Å². The first-order valence-electron chi connectivity index (χ1n) is 8.63. The molecule has 27 heavy (non-hydrogen) atoms. The molecule has 0 bridgehead atoms. The summed E-state index contributed by atoms with van der Waals surface area (Å²) >= 11 is 0. The van der Waals surface area contributed by atoms with Crippen LogP contribution in [0, 0.1) is 0 Å². The molecule has 0 spiro atoms. The van der Waals surface area contributed by atoms with Gasteiger partial charge in [-0.15, -0.1) is 0 Å². The minimum Gasteiger partial charge on any atom is -0.454 e. The Bertz CT molecular complexity index is 1020. The number of aromatic nitrogens is 1. The van der Waals surface area contributed by atoms with E-state index in [4.69, 9.17) is 4.74 Å². The number of nitrogens with one attached hydrogen (secondary N) is 1. The van der Waals surface area contributed by atoms with Crippen LogP contribution >= 0.6 is 0 Å². The van der Waals surface area contributed by atoms with Crippen LogP contribution in [0.4, 0.5) is 0 Å². The predicted octanol–water partition coefficient (Wildman–Crippen LogP) is 2.42. The Morgan fingerprint density at radius 3 is 2.59 bits per heavy atom. The molecule has 1 N–H and O–H groups in total. The van der Waals surface area contributed by atoms with Gasteiger partial charge in [0.05, 0.1) is 6.04 Å². The molecule has 6 nitrogen and oxygen atoms in total. The van der Waals surface area contributed by atoms with Gasteiger partial charge in [-0.1, -0.05) is 48.5 Å². The molecule has 3 aromatic rings. The normalized spacial score (nSPS) is 11.7. The molecule has 2 aromatic carbocycles. The topological polar surface area (TPSA) is 77.4 Å². The number of hydrogen-bond donors (Lipinski definition) is 1. The summed E-state index contributed by atoms with van der Waals surface area (Å²) in [7, 11) is 0. The van der Waals surface area contributed by atoms with Crippen molar-refractivity contribution in [2.75, 3.05) is 6.61 Å². The summed E-state index contributed by atoms with van der Waals surface area (Å²) in [5, 5.41) is 4.99. The molecule has 1 heterocycles. The minimum absolute atomic E-state index is 0.230. The molecule has 6 heteroatoms. The maximum atomic E-state index is 12.1. The number of rotatable bonds is 6. The Morgan fingerprint density at radius 1 is 1.04 bits per heavy atom. The standard InChI is InChI=1S/C21H20N2O4/c1-15(17-10-6-8-16-7-2-3-9-18(16)17)22-19(24)14-27-21(26)13-23-12-5-4-11-20(23)25/h2-12,15H,13-14H2,1H3,(H,22,24)/t15-/m1/s1. The first-order valence-corrected chi connectivity index (χ1v) is 8.63. The number of esters is 1. The monoisotopic (exact) mass is 364 g/mol. The molecule has 0 fully saturated rings. The van der Waals surface area contributed by atoms with Crippen LogP contribution in [0.2, 0.25) is 0 Å². The van der Waals surface area contributed by atoms with Gasteiger partial charge in [0.25, 0.3) is 11.5 Å². The highest BCUT2D eigenvalue weighted by atomic mass is 16.5. The number of carbonyl (C=O) groups is 2. The Morgan fingerprint density at radius 2 is 1.78 bits per heavy atom. The second kappa shape index (κ2) is 8.31. The maximum Gasteiger partial charge on any atom is 0.326 e. The van der Waals surface area contributed by atoms with E-state index in [-0.39, 0.29) is 18.1 Å². The van der Waals surface area contributed by atoms with E-state index >= 15 is 0 Å². The van der Waals surface area contributed by atoms with Gasteiger partial charge in [0.15, 0.2) is 6.61 Å². The highest BCUT2D eigenvalue weighted by Crippen LogP contribution is 2.23. The van der Waals surface area contributed by atoms with Crippen LogP contribution in [0.25, 0.3) is 10.8 Å². The highest BCUT2D eigenvalue weighted by Gasteiger charge is 2.14. The fourth-order valence-electron chi connectivity index (χ4n) is 2.91. The Hall–Kier alpha value is -3.41. The third-order valence-corrected chi connectivity index (χ3v) is 4.23. The van der Waals surface area contributed by atoms with Gasteiger partial charge < -0.3 is 14.6 Å². The van der Waals surface area contributed by atoms with Crippen molar-refractivity contribution in [1.29, 1.82) is 0 Å². The number of ether oxygens (including phenoxy) is 1. The number of nitrogens with zero attached hydrogens (tertiary/aromatic N) is 1. The molecule has 1 amide bonds. The average molecular weight is 364 g/mol. The number of fused-ring (bicyclic) bond motifs is 1. The van der Waals surface area contributed by atoms with Gasteiger partial charge in [-0.25, -0.2) is 0 Å². The smallest absolute Gasteiger partial charge is 0.326 e. The third kappa shape index (κ3) is 4.61. The third-order valence-electron chi connectivity index (χ3n) is 4.23. The predicted molar refractivity (Wildman–Crippen MR) is 102 cm³/mol. The van der Waals surface area contributed by atoms with Crippen molar-refractivity contribution in [1.82, 2.24) is 9.88 Å². The van der Waals surface area contributed by atoms with Gasteiger partial charge in [-0.3, -0.25) is 14.4 Å². The molecule has 3 rings (SSSR count). The van der Waals surface area contributed by atoms with Gasteiger partial charge in [0.2, 0.25) is 0 Å². The molecule has 1 atom stereocenters. The zero-order valence-electron chi connectivity index (χ0n) is 14.9. The number of hydrogen-bond acceptors (Lipinski definition) is 4. The summed E-state index contributed by atoms with van der Waals surface area (Å²) in [6.07, 6.45) is 1.49. The van der Waals surface area contributed by atoms with E-state index in [1.54, 1.807) is 12.1 Å². The first kappa shape index (κ1) is 18.4. The molecule has 0 saturated carbocycles. The van der Waals surface area contributed by atoms with Gasteiger partial charge >= 0.3 is 5.97 Å². The molecule has 0 radical (unpaired) electrons. The molecule has 0 aliphatic heterocycles. The average Bonchev–Trinajstić information content (AvgIpc) is 2.67. The summed E-state index contributed by atoms with van der Waals surface area (Å²) in [5.41, 5.74) is 0.687. The van der Waals surface area contributed by atoms with Crippen molar-refractivity contribution in [3.05, 3.63) is 82.8 Å². The van der Waals surface area contributed by atoms with E-state index < -0.39 is 18.5 Å². The molecular formula is C21H20N2O4. The quantitative estimate of drug-likeness (QED) is 0.682. The lowest BCUT2D eigenvalue weighted by Gasteiger charge is -2.16. The molecule has 0 aliphatic carbocycles. The Labute approximate surface area is 156 Å². The largest absolute Gasteiger partial charge is 0.454 e. The van der Waals surface area contributed by atoms with Gasteiger partial charge in [0.1, 0.15) is 6.54 Å². The lowest BCUT2D eigenvalue weighted by Crippen LogP contribution is -2.32. The fourth-order valence-corrected chi connectivity index (χ4v) is 2.91. The first-order chi connectivity index (χ1) is 13.0. The van der Waals surface area contributed by atoms with E-state index in [9.17, 15) is 14.4 Å². The van der Waals surface area contributed by atoms with Crippen LogP contribution in [0.3, 0.4) is 0 Å². The second-order valence-corrected chi connectivity index (χ2v) is 6.19. The lowest BCUT2D eigenvalue weighted by atomic mass is 10.00. The Kier molecular flexibility index (Phi) is 5.66. The summed E-state index contributed by atoms with van der Waals surface area (Å²) in [6, 6.07) is 18.2. The maximum absolute atomic E-state index is 12.1. The molecule has 0 saturated heterocycles. The van der Waals surface area contributed by atoms with Crippen LogP contribution in [-0.2, 0) is 20.9 Å². The number of carbonyl (C=O) groups excluding carboxylic acids is 2. The summed E-state index contributed by atoms with van der Waals surface area (Å²) in [5.74, 6) is -1.04. The second-order valence-electron chi connectivity index (χ2n) is 6.19. The van der Waals surface area contributed by atoms with Crippen LogP contribution in [0.5, 0.6) is 0 Å². The Balaban J connectivity index is 1.56. The van der Waals surface area contributed by atoms with Crippen molar-refractivity contribution in [3.63, 3.8) is 0 Å². The lowest BCUT2D eigenvalue weighted by molar-refractivity contribution is -0.149. The van der Waals surface area contributed by atoms with E-state index in [0.29, 0.717) is 0 Å². The summed E-state index contributed by atoms with van der Waals surface area (Å²) in [4.78, 5) is 35.5. The van der Waals surface area contributed by atoms with E-state index in [0.717, 1.165) is 16.3 Å². The molecule has 0 unspecified atom stereocenters. The highest BCUT2D eigenvalue weighted by molar-refractivity contribution is 5.87. The molecule has 138 valence electrons. The van der Waals surface area contributed by atoms with Crippen LogP contribution in [-0.4, -0.2) is 23.1 Å². The van der Waals surface area contributed by atoms with Crippen LogP contribution < -0.4 is 10.9 Å². The molecular weight excluding hydrogens is 344 g/mol. The fraction of sp³-hybridized carbons (Fsp3) is 0.190. The number of benzene rings is 2. The van der Waals surface area contributed by atoms with Crippen molar-refractivity contribution < 1.29 is 14.3 Å². The zero-order valence-corrected chi connectivity index (χ0v) is 14.9. The van der Waals surface area contributed by atoms with Gasteiger partial charge in [-0.05, 0) is 29.3 Å². The number of amides is 1. The van der Waals surface area contributed by atoms with Crippen LogP contribution in [0.1, 0.15) is 18.5 Å². The number of pyridine rings is 1. The van der Waals surface area contributed by atoms with Crippen molar-refractivity contribution in [2.45, 2.75) is 19.5 Å². The van der Waals surface area contributed by atoms with Crippen molar-refractivity contribution in [2.24, 2.45) is 0 Å². The van der Waals surface area contributed by atoms with E-state index in [2.05, 4.69) is 5.32 Å². The summed E-state index contributed by atoms with van der Waals surface area (Å²) < 4.78 is 6.20. The molecule has 0 aliphatic rings. The van der Waals surface area contributed by atoms with Crippen molar-refractivity contribution in [3.8, 4) is 0 Å². The zero-order chi connectivity index (χ0) is 19.2. The minimum atomic E-state index is -0.642. The van der Waals surface area contributed by atoms with Crippen LogP contribution in [0.15, 0.2) is 71.7 Å². The van der Waals surface area contributed by atoms with E-state index in [1.807, 2.05) is 49.4 Å². The van der Waals surface area contributed by atoms with Gasteiger partial charge in [-0.2, -0.15) is 0 Å². The molecule has 1 aromatic heterocycles.